The summed E-state index contributed by atoms with van der Waals surface area (Å²) in [5.74, 6) is -5.78. The topological polar surface area (TPSA) is 75.6 Å². The number of carboxylic acids is 1. The van der Waals surface area contributed by atoms with Crippen LogP contribution in [0, 0.1) is 17.8 Å². The molecule has 20 heavy (non-hydrogen) atoms. The number of hydrogen-bond donors (Lipinski definition) is 2. The average molecular weight is 291 g/mol. The van der Waals surface area contributed by atoms with E-state index in [4.69, 9.17) is 9.84 Å². The first-order valence-electron chi connectivity index (χ1n) is 6.62. The molecule has 2 N–H and O–H groups in total. The van der Waals surface area contributed by atoms with Gasteiger partial charge < -0.3 is 15.2 Å². The zero-order valence-electron chi connectivity index (χ0n) is 11.7. The van der Waals surface area contributed by atoms with Gasteiger partial charge in [-0.15, -0.1) is 0 Å². The van der Waals surface area contributed by atoms with Gasteiger partial charge in [0, 0.05) is 11.8 Å². The highest BCUT2D eigenvalue weighted by Crippen LogP contribution is 2.66. The summed E-state index contributed by atoms with van der Waals surface area (Å²) in [4.78, 5) is 22.8. The van der Waals surface area contributed by atoms with Crippen LogP contribution in [0.15, 0.2) is 0 Å². The molecule has 2 aliphatic carbocycles. The third-order valence-corrected chi connectivity index (χ3v) is 3.89. The third kappa shape index (κ3) is 2.86. The average Bonchev–Trinajstić information content (AvgIpc) is 2.63. The fourth-order valence-electron chi connectivity index (χ4n) is 2.94. The summed E-state index contributed by atoms with van der Waals surface area (Å²) in [6.07, 6.45) is -0.577. The van der Waals surface area contributed by atoms with Crippen LogP contribution in [0.5, 0.6) is 0 Å². The Balaban J connectivity index is 1.93. The maximum absolute atomic E-state index is 13.1. The van der Waals surface area contributed by atoms with E-state index in [1.54, 1.807) is 20.8 Å². The Morgan fingerprint density at radius 2 is 1.80 bits per heavy atom. The molecule has 3 unspecified atom stereocenters. The van der Waals surface area contributed by atoms with Gasteiger partial charge in [0.05, 0.1) is 0 Å². The van der Waals surface area contributed by atoms with E-state index in [1.807, 2.05) is 0 Å². The van der Waals surface area contributed by atoms with Crippen LogP contribution in [-0.2, 0) is 9.53 Å². The number of carbonyl (C=O) groups is 2. The summed E-state index contributed by atoms with van der Waals surface area (Å²) in [5, 5.41) is 11.4. The standard InChI is InChI=1S/C13H19F2NO4/c1-12(2,3)20-11(19)16-9(10(17)18)6-4-7-8(5-6)13(7,14)15/h6-9H,4-5H2,1-3H3,(H,16,19)(H,17,18). The molecule has 0 aromatic carbocycles. The number of aliphatic carboxylic acids is 1. The number of halogens is 2. The summed E-state index contributed by atoms with van der Waals surface area (Å²) >= 11 is 0. The van der Waals surface area contributed by atoms with Crippen molar-refractivity contribution in [3.63, 3.8) is 0 Å². The van der Waals surface area contributed by atoms with Crippen LogP contribution < -0.4 is 5.32 Å². The zero-order chi connectivity index (χ0) is 15.3. The van der Waals surface area contributed by atoms with Crippen LogP contribution in [0.25, 0.3) is 0 Å². The predicted molar refractivity (Wildman–Crippen MR) is 65.4 cm³/mol. The lowest BCUT2D eigenvalue weighted by Gasteiger charge is -2.25. The fourth-order valence-corrected chi connectivity index (χ4v) is 2.94. The van der Waals surface area contributed by atoms with Crippen molar-refractivity contribution in [1.82, 2.24) is 5.32 Å². The minimum absolute atomic E-state index is 0.129. The first-order valence-corrected chi connectivity index (χ1v) is 6.62. The van der Waals surface area contributed by atoms with Crippen LogP contribution in [0.3, 0.4) is 0 Å². The molecule has 0 spiro atoms. The summed E-state index contributed by atoms with van der Waals surface area (Å²) < 4.78 is 31.2. The minimum atomic E-state index is -2.65. The van der Waals surface area contributed by atoms with Crippen LogP contribution in [0.1, 0.15) is 33.6 Å². The van der Waals surface area contributed by atoms with E-state index in [1.165, 1.54) is 0 Å². The van der Waals surface area contributed by atoms with Gasteiger partial charge >= 0.3 is 12.1 Å². The first kappa shape index (κ1) is 15.0. The summed E-state index contributed by atoms with van der Waals surface area (Å²) in [6.45, 7) is 4.98. The second-order valence-electron chi connectivity index (χ2n) is 6.58. The van der Waals surface area contributed by atoms with Crippen LogP contribution in [0.2, 0.25) is 0 Å². The number of alkyl carbamates (subject to hydrolysis) is 1. The molecule has 0 bridgehead atoms. The Hall–Kier alpha value is -1.40. The zero-order valence-corrected chi connectivity index (χ0v) is 11.7. The quantitative estimate of drug-likeness (QED) is 0.836. The van der Waals surface area contributed by atoms with Crippen molar-refractivity contribution < 1.29 is 28.2 Å². The van der Waals surface area contributed by atoms with Gasteiger partial charge in [-0.3, -0.25) is 0 Å². The molecule has 1 amide bonds. The Bertz CT molecular complexity index is 419. The molecule has 2 aliphatic rings. The molecule has 0 aliphatic heterocycles. The SMILES string of the molecule is CC(C)(C)OC(=O)NC(C(=O)O)C1CC2C(C1)C2(F)F. The predicted octanol–water partition coefficient (Wildman–Crippen LogP) is 2.26. The van der Waals surface area contributed by atoms with E-state index < -0.39 is 47.4 Å². The van der Waals surface area contributed by atoms with Gasteiger partial charge in [-0.2, -0.15) is 0 Å². The van der Waals surface area contributed by atoms with E-state index in [0.29, 0.717) is 0 Å². The van der Waals surface area contributed by atoms with Crippen molar-refractivity contribution in [3.8, 4) is 0 Å². The number of carboxylic acid groups (broad SMARTS) is 1. The summed E-state index contributed by atoms with van der Waals surface area (Å²) in [7, 11) is 0. The third-order valence-electron chi connectivity index (χ3n) is 3.89. The number of carbonyl (C=O) groups excluding carboxylic acids is 1. The number of nitrogens with one attached hydrogen (secondary N) is 1. The normalized spacial score (nSPS) is 32.1. The summed E-state index contributed by atoms with van der Waals surface area (Å²) in [5.41, 5.74) is -0.738. The van der Waals surface area contributed by atoms with Crippen molar-refractivity contribution in [2.24, 2.45) is 17.8 Å². The van der Waals surface area contributed by atoms with Gasteiger partial charge in [0.25, 0.3) is 5.92 Å². The van der Waals surface area contributed by atoms with E-state index >= 15 is 0 Å². The number of alkyl halides is 2. The van der Waals surface area contributed by atoms with Crippen molar-refractivity contribution in [1.29, 1.82) is 0 Å². The van der Waals surface area contributed by atoms with Crippen molar-refractivity contribution in [2.75, 3.05) is 0 Å². The van der Waals surface area contributed by atoms with Gasteiger partial charge in [0.15, 0.2) is 0 Å². The van der Waals surface area contributed by atoms with Gasteiger partial charge in [-0.05, 0) is 39.5 Å². The van der Waals surface area contributed by atoms with Crippen LogP contribution in [0.4, 0.5) is 13.6 Å². The van der Waals surface area contributed by atoms with Gasteiger partial charge in [-0.25, -0.2) is 18.4 Å². The molecule has 5 nitrogen and oxygen atoms in total. The molecule has 0 aromatic rings. The smallest absolute Gasteiger partial charge is 0.408 e. The highest BCUT2D eigenvalue weighted by molar-refractivity contribution is 5.80. The molecule has 2 rings (SSSR count). The molecule has 7 heteroatoms. The molecule has 2 fully saturated rings. The maximum atomic E-state index is 13.1. The second kappa shape index (κ2) is 4.56. The number of amides is 1. The molecule has 0 aromatic heterocycles. The molecule has 3 atom stereocenters. The molecule has 2 saturated carbocycles. The summed E-state index contributed by atoms with van der Waals surface area (Å²) in [6, 6.07) is -1.17. The van der Waals surface area contributed by atoms with Crippen LogP contribution in [-0.4, -0.2) is 34.7 Å². The number of hydrogen-bond acceptors (Lipinski definition) is 3. The van der Waals surface area contributed by atoms with Gasteiger partial charge in [0.2, 0.25) is 0 Å². The van der Waals surface area contributed by atoms with Gasteiger partial charge in [-0.1, -0.05) is 0 Å². The molecule has 0 saturated heterocycles. The molecule has 0 heterocycles. The number of rotatable bonds is 3. The lowest BCUT2D eigenvalue weighted by Crippen LogP contribution is -2.47. The number of ether oxygens (including phenoxy) is 1. The van der Waals surface area contributed by atoms with Crippen molar-refractivity contribution in [3.05, 3.63) is 0 Å². The fraction of sp³-hybridized carbons (Fsp3) is 0.846. The second-order valence-corrected chi connectivity index (χ2v) is 6.58. The van der Waals surface area contributed by atoms with Gasteiger partial charge in [0.1, 0.15) is 11.6 Å². The Morgan fingerprint density at radius 1 is 1.30 bits per heavy atom. The lowest BCUT2D eigenvalue weighted by molar-refractivity contribution is -0.141. The molecule has 114 valence electrons. The van der Waals surface area contributed by atoms with Crippen LogP contribution >= 0.6 is 0 Å². The highest BCUT2D eigenvalue weighted by Gasteiger charge is 2.72. The molecular formula is C13H19F2NO4. The van der Waals surface area contributed by atoms with E-state index in [-0.39, 0.29) is 12.8 Å². The lowest BCUT2D eigenvalue weighted by atomic mass is 9.94. The highest BCUT2D eigenvalue weighted by atomic mass is 19.3. The van der Waals surface area contributed by atoms with Crippen molar-refractivity contribution >= 4 is 12.1 Å². The Morgan fingerprint density at radius 3 is 2.20 bits per heavy atom. The van der Waals surface area contributed by atoms with E-state index in [0.717, 1.165) is 0 Å². The largest absolute Gasteiger partial charge is 0.480 e. The Labute approximate surface area is 115 Å². The van der Waals surface area contributed by atoms with E-state index in [9.17, 15) is 18.4 Å². The maximum Gasteiger partial charge on any atom is 0.408 e. The van der Waals surface area contributed by atoms with Crippen molar-refractivity contribution in [2.45, 2.75) is 51.2 Å². The van der Waals surface area contributed by atoms with E-state index in [2.05, 4.69) is 5.32 Å². The first-order chi connectivity index (χ1) is 9.02. The Kier molecular flexibility index (Phi) is 3.42. The molecule has 0 radical (unpaired) electrons. The molecular weight excluding hydrogens is 272 g/mol. The minimum Gasteiger partial charge on any atom is -0.480 e. The monoisotopic (exact) mass is 291 g/mol. The number of fused-ring (bicyclic) bond motifs is 1.